The average Bonchev–Trinajstić information content (AvgIpc) is 2.15. The van der Waals surface area contributed by atoms with Crippen molar-refractivity contribution in [1.82, 2.24) is 14.5 Å². The van der Waals surface area contributed by atoms with Crippen LogP contribution in [0.4, 0.5) is 0 Å². The van der Waals surface area contributed by atoms with Gasteiger partial charge >= 0.3 is 0 Å². The molecule has 0 saturated carbocycles. The fraction of sp³-hybridized carbons (Fsp3) is 0.444. The van der Waals surface area contributed by atoms with Gasteiger partial charge in [0.15, 0.2) is 0 Å². The van der Waals surface area contributed by atoms with Crippen LogP contribution in [0.2, 0.25) is 5.15 Å². The minimum atomic E-state index is -0.572. The van der Waals surface area contributed by atoms with Crippen molar-refractivity contribution in [1.29, 1.82) is 0 Å². The van der Waals surface area contributed by atoms with Gasteiger partial charge in [-0.25, -0.2) is 4.98 Å². The van der Waals surface area contributed by atoms with Crippen LogP contribution in [0, 0.1) is 0 Å². The molecular formula is C9H12ClN3O2. The van der Waals surface area contributed by atoms with Crippen molar-refractivity contribution in [3.63, 3.8) is 0 Å². The lowest BCUT2D eigenvalue weighted by Gasteiger charge is -2.18. The third kappa shape index (κ3) is 2.56. The monoisotopic (exact) mass is 229 g/mol. The van der Waals surface area contributed by atoms with E-state index < -0.39 is 6.04 Å². The van der Waals surface area contributed by atoms with E-state index in [1.54, 1.807) is 21.0 Å². The molecule has 0 saturated heterocycles. The topological polar surface area (TPSA) is 55.2 Å². The first-order valence-electron chi connectivity index (χ1n) is 4.38. The Hall–Kier alpha value is -1.36. The summed E-state index contributed by atoms with van der Waals surface area (Å²) in [5.74, 6) is -0.166. The summed E-state index contributed by atoms with van der Waals surface area (Å²) in [6, 6.07) is 0.610. The number of amides is 1. The zero-order chi connectivity index (χ0) is 11.6. The van der Waals surface area contributed by atoms with Gasteiger partial charge in [0, 0.05) is 20.2 Å². The predicted octanol–water partition coefficient (Wildman–Crippen LogP) is 0.546. The zero-order valence-electron chi connectivity index (χ0n) is 8.77. The third-order valence-corrected chi connectivity index (χ3v) is 2.22. The molecule has 0 bridgehead atoms. The molecule has 0 spiro atoms. The summed E-state index contributed by atoms with van der Waals surface area (Å²) in [5.41, 5.74) is -0.335. The molecule has 1 unspecified atom stereocenters. The van der Waals surface area contributed by atoms with Crippen LogP contribution in [0.1, 0.15) is 13.0 Å². The smallest absolute Gasteiger partial charge is 0.255 e. The first kappa shape index (κ1) is 11.7. The van der Waals surface area contributed by atoms with E-state index in [0.29, 0.717) is 0 Å². The Labute approximate surface area is 92.3 Å². The van der Waals surface area contributed by atoms with E-state index in [1.807, 2.05) is 0 Å². The second-order valence-corrected chi connectivity index (χ2v) is 3.75. The van der Waals surface area contributed by atoms with Gasteiger partial charge in [0.25, 0.3) is 5.56 Å². The van der Waals surface area contributed by atoms with Crippen LogP contribution in [0.5, 0.6) is 0 Å². The molecule has 1 aromatic rings. The first-order valence-corrected chi connectivity index (χ1v) is 4.76. The molecular weight excluding hydrogens is 218 g/mol. The predicted molar refractivity (Wildman–Crippen MR) is 56.9 cm³/mol. The number of aromatic nitrogens is 2. The molecule has 1 amide bonds. The first-order chi connectivity index (χ1) is 6.93. The lowest BCUT2D eigenvalue weighted by Crippen LogP contribution is -2.34. The summed E-state index contributed by atoms with van der Waals surface area (Å²) in [6.45, 7) is 1.64. The molecule has 6 heteroatoms. The van der Waals surface area contributed by atoms with Crippen LogP contribution >= 0.6 is 11.6 Å². The van der Waals surface area contributed by atoms with E-state index in [1.165, 1.54) is 21.9 Å². The highest BCUT2D eigenvalue weighted by molar-refractivity contribution is 6.29. The maximum atomic E-state index is 11.6. The second-order valence-electron chi connectivity index (χ2n) is 3.37. The summed E-state index contributed by atoms with van der Waals surface area (Å²) >= 11 is 5.54. The fourth-order valence-corrected chi connectivity index (χ4v) is 1.31. The van der Waals surface area contributed by atoms with Gasteiger partial charge in [-0.15, -0.1) is 0 Å². The van der Waals surface area contributed by atoms with Crippen molar-refractivity contribution < 1.29 is 4.79 Å². The van der Waals surface area contributed by atoms with E-state index in [4.69, 9.17) is 11.6 Å². The molecule has 0 aliphatic rings. The van der Waals surface area contributed by atoms with Gasteiger partial charge in [-0.3, -0.25) is 14.2 Å². The third-order valence-electron chi connectivity index (χ3n) is 2.02. The molecule has 0 N–H and O–H groups in total. The van der Waals surface area contributed by atoms with Gasteiger partial charge in [0.05, 0.1) is 6.33 Å². The van der Waals surface area contributed by atoms with Crippen molar-refractivity contribution in [2.75, 3.05) is 14.1 Å². The maximum Gasteiger partial charge on any atom is 0.255 e. The van der Waals surface area contributed by atoms with Gasteiger partial charge in [0.1, 0.15) is 11.2 Å². The summed E-state index contributed by atoms with van der Waals surface area (Å²) in [6.07, 6.45) is 1.27. The molecule has 15 heavy (non-hydrogen) atoms. The number of halogens is 1. The number of hydrogen-bond acceptors (Lipinski definition) is 3. The van der Waals surface area contributed by atoms with E-state index in [0.717, 1.165) is 0 Å². The molecule has 1 rings (SSSR count). The van der Waals surface area contributed by atoms with Crippen molar-refractivity contribution in [3.05, 3.63) is 27.9 Å². The highest BCUT2D eigenvalue weighted by Crippen LogP contribution is 2.06. The lowest BCUT2D eigenvalue weighted by molar-refractivity contribution is -0.131. The van der Waals surface area contributed by atoms with Crippen LogP contribution in [0.15, 0.2) is 17.2 Å². The molecule has 0 aromatic carbocycles. The van der Waals surface area contributed by atoms with Crippen LogP contribution < -0.4 is 5.56 Å². The molecule has 82 valence electrons. The summed E-state index contributed by atoms with van der Waals surface area (Å²) in [5, 5.41) is 0.126. The lowest BCUT2D eigenvalue weighted by atomic mass is 10.3. The number of rotatable bonds is 2. The maximum absolute atomic E-state index is 11.6. The highest BCUT2D eigenvalue weighted by atomic mass is 35.5. The fourth-order valence-electron chi connectivity index (χ4n) is 1.17. The summed E-state index contributed by atoms with van der Waals surface area (Å²) in [7, 11) is 3.26. The van der Waals surface area contributed by atoms with Crippen molar-refractivity contribution in [2.45, 2.75) is 13.0 Å². The van der Waals surface area contributed by atoms with E-state index in [2.05, 4.69) is 4.98 Å². The number of hydrogen-bond donors (Lipinski definition) is 0. The quantitative estimate of drug-likeness (QED) is 0.696. The van der Waals surface area contributed by atoms with Gasteiger partial charge < -0.3 is 4.90 Å². The Morgan fingerprint density at radius 2 is 2.20 bits per heavy atom. The minimum absolute atomic E-state index is 0.126. The average molecular weight is 230 g/mol. The van der Waals surface area contributed by atoms with Gasteiger partial charge in [-0.2, -0.15) is 0 Å². The molecule has 1 aromatic heterocycles. The van der Waals surface area contributed by atoms with Gasteiger partial charge in [0.2, 0.25) is 5.91 Å². The van der Waals surface area contributed by atoms with Crippen LogP contribution in [-0.2, 0) is 4.79 Å². The number of carbonyl (C=O) groups is 1. The Morgan fingerprint density at radius 3 is 2.67 bits per heavy atom. The van der Waals surface area contributed by atoms with Crippen molar-refractivity contribution in [3.8, 4) is 0 Å². The molecule has 0 aliphatic heterocycles. The Kier molecular flexibility index (Phi) is 3.47. The van der Waals surface area contributed by atoms with E-state index >= 15 is 0 Å². The molecule has 1 atom stereocenters. The SMILES string of the molecule is CC(C(=O)N(C)C)n1cnc(Cl)cc1=O. The van der Waals surface area contributed by atoms with E-state index in [-0.39, 0.29) is 16.6 Å². The standard InChI is InChI=1S/C9H12ClN3O2/c1-6(9(15)12(2)3)13-5-11-7(10)4-8(13)14/h4-6H,1-3H3. The van der Waals surface area contributed by atoms with Crippen LogP contribution in [-0.4, -0.2) is 34.5 Å². The van der Waals surface area contributed by atoms with E-state index in [9.17, 15) is 9.59 Å². The van der Waals surface area contributed by atoms with Crippen LogP contribution in [0.25, 0.3) is 0 Å². The highest BCUT2D eigenvalue weighted by Gasteiger charge is 2.17. The normalized spacial score (nSPS) is 12.3. The molecule has 0 radical (unpaired) electrons. The Bertz CT molecular complexity index is 428. The Morgan fingerprint density at radius 1 is 1.60 bits per heavy atom. The molecule has 0 aliphatic carbocycles. The Balaban J connectivity index is 3.07. The second kappa shape index (κ2) is 4.44. The molecule has 5 nitrogen and oxygen atoms in total. The van der Waals surface area contributed by atoms with Gasteiger partial charge in [-0.05, 0) is 6.92 Å². The number of nitrogens with zero attached hydrogens (tertiary/aromatic N) is 3. The van der Waals surface area contributed by atoms with Crippen LogP contribution in [0.3, 0.4) is 0 Å². The van der Waals surface area contributed by atoms with Crippen molar-refractivity contribution in [2.24, 2.45) is 0 Å². The summed E-state index contributed by atoms with van der Waals surface area (Å²) in [4.78, 5) is 28.2. The molecule has 0 fully saturated rings. The minimum Gasteiger partial charge on any atom is -0.347 e. The van der Waals surface area contributed by atoms with Crippen molar-refractivity contribution >= 4 is 17.5 Å². The number of carbonyl (C=O) groups excluding carboxylic acids is 1. The zero-order valence-corrected chi connectivity index (χ0v) is 9.52. The largest absolute Gasteiger partial charge is 0.347 e. The number of likely N-dealkylation sites (N-methyl/N-ethyl adjacent to an activating group) is 1. The van der Waals surface area contributed by atoms with Gasteiger partial charge in [-0.1, -0.05) is 11.6 Å². The summed E-state index contributed by atoms with van der Waals surface area (Å²) < 4.78 is 1.24. The molecule has 1 heterocycles.